The van der Waals surface area contributed by atoms with Crippen LogP contribution in [0.15, 0.2) is 18.6 Å². The number of urea groups is 1. The minimum absolute atomic E-state index is 0.225. The Balaban J connectivity index is 2.38. The monoisotopic (exact) mass is 284 g/mol. The highest BCUT2D eigenvalue weighted by Gasteiger charge is 2.18. The van der Waals surface area contributed by atoms with Gasteiger partial charge in [0.2, 0.25) is 0 Å². The molecule has 19 heavy (non-hydrogen) atoms. The molecule has 0 bridgehead atoms. The molecule has 0 aliphatic heterocycles. The van der Waals surface area contributed by atoms with Crippen molar-refractivity contribution in [2.24, 2.45) is 0 Å². The van der Waals surface area contributed by atoms with Gasteiger partial charge in [-0.15, -0.1) is 0 Å². The number of carboxylic acids is 1. The van der Waals surface area contributed by atoms with E-state index in [1.807, 2.05) is 6.26 Å². The van der Waals surface area contributed by atoms with Crippen LogP contribution in [0.1, 0.15) is 12.1 Å². The number of hydrogen-bond donors (Lipinski definition) is 3. The van der Waals surface area contributed by atoms with Crippen molar-refractivity contribution >= 4 is 23.8 Å². The average Bonchev–Trinajstić information content (AvgIpc) is 2.42. The highest BCUT2D eigenvalue weighted by atomic mass is 32.2. The van der Waals surface area contributed by atoms with Crippen LogP contribution in [0.25, 0.3) is 0 Å². The summed E-state index contributed by atoms with van der Waals surface area (Å²) in [7, 11) is 0. The third kappa shape index (κ3) is 6.05. The summed E-state index contributed by atoms with van der Waals surface area (Å²) in [5, 5.41) is 13.9. The lowest BCUT2D eigenvalue weighted by Gasteiger charge is -2.14. The zero-order valence-corrected chi connectivity index (χ0v) is 11.3. The van der Waals surface area contributed by atoms with Crippen molar-refractivity contribution in [3.05, 3.63) is 24.3 Å². The summed E-state index contributed by atoms with van der Waals surface area (Å²) in [4.78, 5) is 30.2. The number of aromatic nitrogens is 2. The normalized spacial score (nSPS) is 11.6. The van der Waals surface area contributed by atoms with Crippen LogP contribution >= 0.6 is 11.8 Å². The first-order chi connectivity index (χ1) is 9.13. The van der Waals surface area contributed by atoms with Crippen LogP contribution in [0.4, 0.5) is 4.79 Å². The average molecular weight is 284 g/mol. The first-order valence-electron chi connectivity index (χ1n) is 5.64. The zero-order chi connectivity index (χ0) is 14.1. The molecule has 8 heteroatoms. The fraction of sp³-hybridized carbons (Fsp3) is 0.455. The number of carboxylic acid groups (broad SMARTS) is 1. The summed E-state index contributed by atoms with van der Waals surface area (Å²) in [6.45, 7) is 0.225. The Labute approximate surface area is 115 Å². The molecule has 0 aromatic carbocycles. The molecular formula is C11H16N4O3S. The maximum atomic E-state index is 11.6. The van der Waals surface area contributed by atoms with Crippen LogP contribution in [0.5, 0.6) is 0 Å². The van der Waals surface area contributed by atoms with Crippen molar-refractivity contribution in [3.8, 4) is 0 Å². The second-order valence-electron chi connectivity index (χ2n) is 3.70. The van der Waals surface area contributed by atoms with Gasteiger partial charge in [0.1, 0.15) is 12.4 Å². The van der Waals surface area contributed by atoms with Crippen molar-refractivity contribution in [2.75, 3.05) is 12.0 Å². The van der Waals surface area contributed by atoms with Gasteiger partial charge in [-0.3, -0.25) is 0 Å². The summed E-state index contributed by atoms with van der Waals surface area (Å²) >= 11 is 1.53. The van der Waals surface area contributed by atoms with Crippen LogP contribution in [0.3, 0.4) is 0 Å². The van der Waals surface area contributed by atoms with Crippen molar-refractivity contribution in [2.45, 2.75) is 19.0 Å². The molecule has 0 saturated carbocycles. The van der Waals surface area contributed by atoms with E-state index in [9.17, 15) is 9.59 Å². The lowest BCUT2D eigenvalue weighted by Crippen LogP contribution is -2.46. The molecule has 1 heterocycles. The van der Waals surface area contributed by atoms with E-state index in [1.165, 1.54) is 18.1 Å². The highest BCUT2D eigenvalue weighted by Crippen LogP contribution is 2.01. The first-order valence-corrected chi connectivity index (χ1v) is 7.04. The zero-order valence-electron chi connectivity index (χ0n) is 10.5. The van der Waals surface area contributed by atoms with E-state index in [0.29, 0.717) is 17.9 Å². The molecule has 1 rings (SSSR count). The Bertz CT molecular complexity index is 416. The molecule has 2 amide bonds. The van der Waals surface area contributed by atoms with Crippen LogP contribution < -0.4 is 10.6 Å². The van der Waals surface area contributed by atoms with E-state index in [1.54, 1.807) is 12.3 Å². The SMILES string of the molecule is CSCC[C@@H](NC(=O)NCc1ccncn1)C(=O)O. The van der Waals surface area contributed by atoms with E-state index in [0.717, 1.165) is 0 Å². The van der Waals surface area contributed by atoms with Gasteiger partial charge in [-0.25, -0.2) is 19.6 Å². The van der Waals surface area contributed by atoms with Crippen molar-refractivity contribution in [3.63, 3.8) is 0 Å². The molecule has 0 spiro atoms. The molecule has 0 unspecified atom stereocenters. The third-order valence-electron chi connectivity index (χ3n) is 2.29. The van der Waals surface area contributed by atoms with Crippen LogP contribution in [0.2, 0.25) is 0 Å². The number of rotatable bonds is 7. The van der Waals surface area contributed by atoms with E-state index >= 15 is 0 Å². The molecule has 7 nitrogen and oxygen atoms in total. The summed E-state index contributed by atoms with van der Waals surface area (Å²) in [6, 6.07) is 0.271. The molecule has 1 aromatic heterocycles. The van der Waals surface area contributed by atoms with Gasteiger partial charge in [-0.05, 0) is 24.5 Å². The maximum Gasteiger partial charge on any atom is 0.326 e. The standard InChI is InChI=1S/C11H16N4O3S/c1-19-5-3-9(10(16)17)15-11(18)13-6-8-2-4-12-7-14-8/h2,4,7,9H,3,5-6H2,1H3,(H,16,17)(H2,13,15,18)/t9-/m1/s1. The number of aliphatic carboxylic acids is 1. The number of carbonyl (C=O) groups is 2. The lowest BCUT2D eigenvalue weighted by atomic mass is 10.2. The number of thioether (sulfide) groups is 1. The first kappa shape index (κ1) is 15.2. The summed E-state index contributed by atoms with van der Waals surface area (Å²) in [5.74, 6) is -0.366. The summed E-state index contributed by atoms with van der Waals surface area (Å²) in [5.41, 5.74) is 0.654. The molecule has 0 fully saturated rings. The molecular weight excluding hydrogens is 268 g/mol. The number of carbonyl (C=O) groups excluding carboxylic acids is 1. The fourth-order valence-electron chi connectivity index (χ4n) is 1.30. The van der Waals surface area contributed by atoms with Gasteiger partial charge < -0.3 is 15.7 Å². The predicted octanol–water partition coefficient (Wildman–Crippen LogP) is 0.482. The second-order valence-corrected chi connectivity index (χ2v) is 4.69. The molecule has 1 aromatic rings. The lowest BCUT2D eigenvalue weighted by molar-refractivity contribution is -0.139. The van der Waals surface area contributed by atoms with Crippen molar-refractivity contribution in [1.29, 1.82) is 0 Å². The summed E-state index contributed by atoms with van der Waals surface area (Å²) in [6.07, 6.45) is 5.22. The molecule has 3 N–H and O–H groups in total. The van der Waals surface area contributed by atoms with Crippen molar-refractivity contribution < 1.29 is 14.7 Å². The third-order valence-corrected chi connectivity index (χ3v) is 2.93. The number of amides is 2. The molecule has 0 aliphatic carbocycles. The molecule has 0 radical (unpaired) electrons. The highest BCUT2D eigenvalue weighted by molar-refractivity contribution is 7.98. The van der Waals surface area contributed by atoms with Crippen molar-refractivity contribution in [1.82, 2.24) is 20.6 Å². The van der Waals surface area contributed by atoms with Crippen LogP contribution in [-0.2, 0) is 11.3 Å². The molecule has 0 aliphatic rings. The minimum Gasteiger partial charge on any atom is -0.480 e. The largest absolute Gasteiger partial charge is 0.480 e. The number of hydrogen-bond acceptors (Lipinski definition) is 5. The van der Waals surface area contributed by atoms with Crippen LogP contribution in [0, 0.1) is 0 Å². The van der Waals surface area contributed by atoms with Gasteiger partial charge in [0.25, 0.3) is 0 Å². The number of nitrogens with one attached hydrogen (secondary N) is 2. The Morgan fingerprint density at radius 3 is 2.89 bits per heavy atom. The number of nitrogens with zero attached hydrogens (tertiary/aromatic N) is 2. The second kappa shape index (κ2) is 8.30. The molecule has 104 valence electrons. The van der Waals surface area contributed by atoms with Crippen LogP contribution in [-0.4, -0.2) is 45.1 Å². The quantitative estimate of drug-likeness (QED) is 0.673. The molecule has 0 saturated heterocycles. The summed E-state index contributed by atoms with van der Waals surface area (Å²) < 4.78 is 0. The van der Waals surface area contributed by atoms with Gasteiger partial charge in [-0.1, -0.05) is 0 Å². The topological polar surface area (TPSA) is 104 Å². The van der Waals surface area contributed by atoms with Gasteiger partial charge >= 0.3 is 12.0 Å². The predicted molar refractivity (Wildman–Crippen MR) is 71.8 cm³/mol. The Morgan fingerprint density at radius 2 is 2.32 bits per heavy atom. The van der Waals surface area contributed by atoms with E-state index < -0.39 is 18.0 Å². The van der Waals surface area contributed by atoms with Gasteiger partial charge in [0, 0.05) is 6.20 Å². The smallest absolute Gasteiger partial charge is 0.326 e. The van der Waals surface area contributed by atoms with E-state index in [4.69, 9.17) is 5.11 Å². The Hall–Kier alpha value is -1.83. The van der Waals surface area contributed by atoms with E-state index in [2.05, 4.69) is 20.6 Å². The van der Waals surface area contributed by atoms with Gasteiger partial charge in [-0.2, -0.15) is 11.8 Å². The molecule has 1 atom stereocenters. The maximum absolute atomic E-state index is 11.6. The minimum atomic E-state index is -1.04. The Kier molecular flexibility index (Phi) is 6.65. The van der Waals surface area contributed by atoms with E-state index in [-0.39, 0.29) is 6.54 Å². The fourth-order valence-corrected chi connectivity index (χ4v) is 1.77. The Morgan fingerprint density at radius 1 is 1.53 bits per heavy atom. The van der Waals surface area contributed by atoms with Gasteiger partial charge in [0.15, 0.2) is 0 Å². The van der Waals surface area contributed by atoms with Gasteiger partial charge in [0.05, 0.1) is 12.2 Å².